The maximum absolute atomic E-state index is 12.0. The van der Waals surface area contributed by atoms with E-state index in [2.05, 4.69) is 4.98 Å². The SMILES string of the molecule is COC(C(OC(=O)c1ccc(C)[nH]1)C(O)O)C(C)(C)OC. The second-order valence-electron chi connectivity index (χ2n) is 5.30. The Hall–Kier alpha value is -1.41. The van der Waals surface area contributed by atoms with Gasteiger partial charge in [0, 0.05) is 19.9 Å². The first-order chi connectivity index (χ1) is 9.72. The number of aliphatic hydroxyl groups excluding tert-OH is 1. The van der Waals surface area contributed by atoms with Gasteiger partial charge in [0.05, 0.1) is 5.60 Å². The van der Waals surface area contributed by atoms with Gasteiger partial charge in [0.2, 0.25) is 0 Å². The number of carbonyl (C=O) groups excluding carboxylic acids is 1. The van der Waals surface area contributed by atoms with Gasteiger partial charge in [-0.15, -0.1) is 0 Å². The predicted octanol–water partition coefficient (Wildman–Crippen LogP) is 0.599. The Morgan fingerprint density at radius 1 is 1.29 bits per heavy atom. The Balaban J connectivity index is 2.93. The van der Waals surface area contributed by atoms with Crippen molar-refractivity contribution in [2.24, 2.45) is 0 Å². The number of methoxy groups -OCH3 is 2. The van der Waals surface area contributed by atoms with Gasteiger partial charge in [-0.05, 0) is 32.9 Å². The van der Waals surface area contributed by atoms with Crippen LogP contribution in [0.1, 0.15) is 30.0 Å². The summed E-state index contributed by atoms with van der Waals surface area (Å²) in [5.41, 5.74) is 0.140. The summed E-state index contributed by atoms with van der Waals surface area (Å²) in [5, 5.41) is 19.0. The number of aliphatic hydroxyl groups is 2. The fourth-order valence-electron chi connectivity index (χ4n) is 2.02. The van der Waals surface area contributed by atoms with E-state index in [0.29, 0.717) is 0 Å². The van der Waals surface area contributed by atoms with Gasteiger partial charge in [-0.25, -0.2) is 4.79 Å². The van der Waals surface area contributed by atoms with Crippen molar-refractivity contribution < 1.29 is 29.2 Å². The molecule has 1 aromatic heterocycles. The molecule has 0 bridgehead atoms. The van der Waals surface area contributed by atoms with E-state index in [1.807, 2.05) is 0 Å². The number of carbonyl (C=O) groups is 1. The third-order valence-electron chi connectivity index (χ3n) is 3.35. The van der Waals surface area contributed by atoms with Crippen LogP contribution in [-0.2, 0) is 14.2 Å². The monoisotopic (exact) mass is 301 g/mol. The summed E-state index contributed by atoms with van der Waals surface area (Å²) in [4.78, 5) is 14.9. The van der Waals surface area contributed by atoms with Crippen LogP contribution in [0.5, 0.6) is 0 Å². The maximum Gasteiger partial charge on any atom is 0.355 e. The number of aromatic amines is 1. The quantitative estimate of drug-likeness (QED) is 0.503. The van der Waals surface area contributed by atoms with Crippen LogP contribution in [0.15, 0.2) is 12.1 Å². The summed E-state index contributed by atoms with van der Waals surface area (Å²) >= 11 is 0. The summed E-state index contributed by atoms with van der Waals surface area (Å²) in [7, 11) is 2.84. The first-order valence-electron chi connectivity index (χ1n) is 6.53. The van der Waals surface area contributed by atoms with Crippen LogP contribution in [0.25, 0.3) is 0 Å². The Morgan fingerprint density at radius 2 is 1.90 bits per heavy atom. The largest absolute Gasteiger partial charge is 0.449 e. The van der Waals surface area contributed by atoms with Crippen LogP contribution in [0.3, 0.4) is 0 Å². The second kappa shape index (κ2) is 7.04. The summed E-state index contributed by atoms with van der Waals surface area (Å²) in [6.45, 7) is 5.19. The highest BCUT2D eigenvalue weighted by Crippen LogP contribution is 2.24. The lowest BCUT2D eigenvalue weighted by Gasteiger charge is -2.37. The van der Waals surface area contributed by atoms with Crippen molar-refractivity contribution in [3.63, 3.8) is 0 Å². The smallest absolute Gasteiger partial charge is 0.355 e. The van der Waals surface area contributed by atoms with Crippen molar-refractivity contribution in [3.05, 3.63) is 23.5 Å². The van der Waals surface area contributed by atoms with Crippen molar-refractivity contribution in [2.45, 2.75) is 44.9 Å². The number of hydrogen-bond donors (Lipinski definition) is 3. The molecule has 2 atom stereocenters. The molecule has 0 aromatic carbocycles. The average Bonchev–Trinajstić information content (AvgIpc) is 2.84. The predicted molar refractivity (Wildman–Crippen MR) is 74.8 cm³/mol. The molecule has 0 radical (unpaired) electrons. The third kappa shape index (κ3) is 4.28. The van der Waals surface area contributed by atoms with E-state index >= 15 is 0 Å². The van der Waals surface area contributed by atoms with Crippen molar-refractivity contribution >= 4 is 5.97 Å². The van der Waals surface area contributed by atoms with Crippen LogP contribution >= 0.6 is 0 Å². The molecule has 0 aliphatic heterocycles. The second-order valence-corrected chi connectivity index (χ2v) is 5.30. The Bertz CT molecular complexity index is 468. The molecular formula is C14H23NO6. The summed E-state index contributed by atoms with van der Waals surface area (Å²) in [6.07, 6.45) is -4.05. The molecule has 0 aliphatic carbocycles. The van der Waals surface area contributed by atoms with Crippen LogP contribution in [0, 0.1) is 6.92 Å². The zero-order valence-electron chi connectivity index (χ0n) is 12.9. The normalized spacial score (nSPS) is 15.0. The lowest BCUT2D eigenvalue weighted by atomic mass is 9.95. The third-order valence-corrected chi connectivity index (χ3v) is 3.35. The molecule has 21 heavy (non-hydrogen) atoms. The van der Waals surface area contributed by atoms with E-state index in [0.717, 1.165) is 5.69 Å². The minimum Gasteiger partial charge on any atom is -0.449 e. The molecule has 0 aliphatic rings. The number of ether oxygens (including phenoxy) is 3. The van der Waals surface area contributed by atoms with Gasteiger partial charge in [-0.3, -0.25) is 0 Å². The average molecular weight is 301 g/mol. The van der Waals surface area contributed by atoms with Crippen molar-refractivity contribution in [1.29, 1.82) is 0 Å². The van der Waals surface area contributed by atoms with Crippen molar-refractivity contribution in [3.8, 4) is 0 Å². The molecule has 0 saturated heterocycles. The minimum atomic E-state index is -1.90. The maximum atomic E-state index is 12.0. The van der Waals surface area contributed by atoms with Gasteiger partial charge < -0.3 is 29.4 Å². The molecule has 0 spiro atoms. The molecule has 7 nitrogen and oxygen atoms in total. The van der Waals surface area contributed by atoms with Crippen LogP contribution in [0.2, 0.25) is 0 Å². The van der Waals surface area contributed by atoms with E-state index in [-0.39, 0.29) is 5.69 Å². The molecular weight excluding hydrogens is 278 g/mol. The van der Waals surface area contributed by atoms with Gasteiger partial charge in [-0.1, -0.05) is 0 Å². The van der Waals surface area contributed by atoms with E-state index in [9.17, 15) is 15.0 Å². The van der Waals surface area contributed by atoms with E-state index in [4.69, 9.17) is 14.2 Å². The Labute approximate surface area is 123 Å². The lowest BCUT2D eigenvalue weighted by molar-refractivity contribution is -0.208. The van der Waals surface area contributed by atoms with Crippen LogP contribution in [-0.4, -0.2) is 59.5 Å². The van der Waals surface area contributed by atoms with Gasteiger partial charge >= 0.3 is 5.97 Å². The molecule has 0 amide bonds. The first-order valence-corrected chi connectivity index (χ1v) is 6.53. The van der Waals surface area contributed by atoms with Crippen LogP contribution < -0.4 is 0 Å². The Morgan fingerprint density at radius 3 is 2.29 bits per heavy atom. The van der Waals surface area contributed by atoms with Crippen molar-refractivity contribution in [2.75, 3.05) is 14.2 Å². The molecule has 3 N–H and O–H groups in total. The highest BCUT2D eigenvalue weighted by Gasteiger charge is 2.42. The molecule has 1 heterocycles. The van der Waals surface area contributed by atoms with Crippen molar-refractivity contribution in [1.82, 2.24) is 4.98 Å². The number of aryl methyl sites for hydroxylation is 1. The molecule has 1 aromatic rings. The molecule has 0 fully saturated rings. The summed E-state index contributed by atoms with van der Waals surface area (Å²) in [5.74, 6) is -0.699. The fourth-order valence-corrected chi connectivity index (χ4v) is 2.02. The highest BCUT2D eigenvalue weighted by atomic mass is 16.6. The highest BCUT2D eigenvalue weighted by molar-refractivity contribution is 5.87. The summed E-state index contributed by atoms with van der Waals surface area (Å²) < 4.78 is 15.7. The molecule has 1 rings (SSSR count). The van der Waals surface area contributed by atoms with Gasteiger partial charge in [0.1, 0.15) is 11.8 Å². The standard InChI is InChI=1S/C14H23NO6/c1-8-6-7-9(15-8)13(18)21-10(12(16)17)11(19-4)14(2,3)20-5/h6-7,10-12,15-17H,1-5H3. The number of aromatic nitrogens is 1. The molecule has 120 valence electrons. The molecule has 7 heteroatoms. The summed E-state index contributed by atoms with van der Waals surface area (Å²) in [6, 6.07) is 3.27. The van der Waals surface area contributed by atoms with Gasteiger partial charge in [0.15, 0.2) is 12.4 Å². The number of esters is 1. The number of hydrogen-bond acceptors (Lipinski definition) is 6. The lowest BCUT2D eigenvalue weighted by Crippen LogP contribution is -2.53. The Kier molecular flexibility index (Phi) is 5.91. The van der Waals surface area contributed by atoms with E-state index in [1.165, 1.54) is 14.2 Å². The zero-order valence-corrected chi connectivity index (χ0v) is 12.9. The molecule has 2 unspecified atom stereocenters. The number of rotatable bonds is 7. The molecule has 0 saturated carbocycles. The van der Waals surface area contributed by atoms with Gasteiger partial charge in [0.25, 0.3) is 0 Å². The van der Waals surface area contributed by atoms with Gasteiger partial charge in [-0.2, -0.15) is 0 Å². The fraction of sp³-hybridized carbons (Fsp3) is 0.643. The number of H-pyrrole nitrogens is 1. The zero-order chi connectivity index (χ0) is 16.2. The van der Waals surface area contributed by atoms with E-state index in [1.54, 1.807) is 32.9 Å². The number of nitrogens with one attached hydrogen (secondary N) is 1. The van der Waals surface area contributed by atoms with E-state index < -0.39 is 30.1 Å². The minimum absolute atomic E-state index is 0.225. The topological polar surface area (TPSA) is 101 Å². The van der Waals surface area contributed by atoms with Crippen LogP contribution in [0.4, 0.5) is 0 Å². The first kappa shape index (κ1) is 17.6.